The lowest BCUT2D eigenvalue weighted by atomic mass is 9.88. The van der Waals surface area contributed by atoms with Crippen LogP contribution in [0, 0.1) is 5.92 Å². The number of rotatable bonds is 4. The molecule has 0 aromatic rings. The summed E-state index contributed by atoms with van der Waals surface area (Å²) in [7, 11) is 0. The molecule has 0 aromatic carbocycles. The topological polar surface area (TPSA) is 32.8 Å². The predicted molar refractivity (Wildman–Crippen MR) is 76.1 cm³/mol. The van der Waals surface area contributed by atoms with Gasteiger partial charge in [0.2, 0.25) is 5.91 Å². The molecule has 1 aliphatic carbocycles. The van der Waals surface area contributed by atoms with Crippen LogP contribution < -0.4 is 0 Å². The highest BCUT2D eigenvalue weighted by Crippen LogP contribution is 2.26. The van der Waals surface area contributed by atoms with Gasteiger partial charge in [-0.15, -0.1) is 0 Å². The van der Waals surface area contributed by atoms with E-state index >= 15 is 0 Å². The Labute approximate surface area is 117 Å². The molecule has 0 N–H and O–H groups in total. The van der Waals surface area contributed by atoms with E-state index in [0.717, 1.165) is 45.2 Å². The van der Waals surface area contributed by atoms with E-state index in [-0.39, 0.29) is 5.91 Å². The first-order valence-corrected chi connectivity index (χ1v) is 7.76. The summed E-state index contributed by atoms with van der Waals surface area (Å²) in [6.07, 6.45) is 5.73. The molecule has 1 aliphatic heterocycles. The third-order valence-electron chi connectivity index (χ3n) is 4.59. The fourth-order valence-corrected chi connectivity index (χ4v) is 3.15. The van der Waals surface area contributed by atoms with Gasteiger partial charge in [-0.1, -0.05) is 19.8 Å². The van der Waals surface area contributed by atoms with E-state index in [4.69, 9.17) is 4.74 Å². The van der Waals surface area contributed by atoms with E-state index in [9.17, 15) is 4.79 Å². The van der Waals surface area contributed by atoms with Crippen molar-refractivity contribution in [1.82, 2.24) is 9.80 Å². The Bertz CT molecular complexity index is 288. The Morgan fingerprint density at radius 2 is 1.84 bits per heavy atom. The Balaban J connectivity index is 1.60. The Hall–Kier alpha value is -0.610. The van der Waals surface area contributed by atoms with E-state index < -0.39 is 0 Å². The van der Waals surface area contributed by atoms with Crippen LogP contribution in [0.4, 0.5) is 0 Å². The van der Waals surface area contributed by atoms with Crippen molar-refractivity contribution in [1.29, 1.82) is 0 Å². The number of carbonyl (C=O) groups excluding carboxylic acids is 1. The molecule has 2 atom stereocenters. The largest absolute Gasteiger partial charge is 0.377 e. The highest BCUT2D eigenvalue weighted by atomic mass is 16.5. The maximum Gasteiger partial charge on any atom is 0.219 e. The summed E-state index contributed by atoms with van der Waals surface area (Å²) in [6.45, 7) is 9.54. The third-order valence-corrected chi connectivity index (χ3v) is 4.59. The molecular formula is C15H28N2O2. The summed E-state index contributed by atoms with van der Waals surface area (Å²) in [5.74, 6) is 0.926. The quantitative estimate of drug-likeness (QED) is 0.778. The highest BCUT2D eigenvalue weighted by molar-refractivity contribution is 5.73. The van der Waals surface area contributed by atoms with Gasteiger partial charge in [0, 0.05) is 39.6 Å². The van der Waals surface area contributed by atoms with Gasteiger partial charge in [-0.2, -0.15) is 0 Å². The number of amides is 1. The van der Waals surface area contributed by atoms with Gasteiger partial charge in [0.25, 0.3) is 0 Å². The Morgan fingerprint density at radius 3 is 2.47 bits per heavy atom. The minimum Gasteiger partial charge on any atom is -0.377 e. The van der Waals surface area contributed by atoms with Gasteiger partial charge in [0.05, 0.1) is 12.7 Å². The SMILES string of the molecule is CC(=O)N1CCN(CCO[C@@H]2CCCC[C@@H]2C)CC1. The highest BCUT2D eigenvalue weighted by Gasteiger charge is 2.22. The van der Waals surface area contributed by atoms with Gasteiger partial charge >= 0.3 is 0 Å². The molecule has 4 nitrogen and oxygen atoms in total. The van der Waals surface area contributed by atoms with Crippen LogP contribution in [0.1, 0.15) is 39.5 Å². The maximum absolute atomic E-state index is 11.2. The van der Waals surface area contributed by atoms with Crippen LogP contribution in [0.5, 0.6) is 0 Å². The molecular weight excluding hydrogens is 240 g/mol. The van der Waals surface area contributed by atoms with Crippen LogP contribution in [0.15, 0.2) is 0 Å². The van der Waals surface area contributed by atoms with Crippen molar-refractivity contribution in [3.63, 3.8) is 0 Å². The van der Waals surface area contributed by atoms with E-state index in [2.05, 4.69) is 11.8 Å². The second kappa shape index (κ2) is 7.25. The first-order chi connectivity index (χ1) is 9.16. The fraction of sp³-hybridized carbons (Fsp3) is 0.933. The molecule has 0 bridgehead atoms. The van der Waals surface area contributed by atoms with Crippen LogP contribution in [0.3, 0.4) is 0 Å². The molecule has 1 amide bonds. The summed E-state index contributed by atoms with van der Waals surface area (Å²) < 4.78 is 6.05. The van der Waals surface area contributed by atoms with Crippen molar-refractivity contribution in [2.45, 2.75) is 45.6 Å². The fourth-order valence-electron chi connectivity index (χ4n) is 3.15. The van der Waals surface area contributed by atoms with Gasteiger partial charge in [-0.05, 0) is 18.8 Å². The molecule has 19 heavy (non-hydrogen) atoms. The van der Waals surface area contributed by atoms with E-state index in [1.807, 2.05) is 4.90 Å². The number of nitrogens with zero attached hydrogens (tertiary/aromatic N) is 2. The molecule has 1 saturated carbocycles. The van der Waals surface area contributed by atoms with E-state index in [0.29, 0.717) is 6.10 Å². The number of carbonyl (C=O) groups is 1. The van der Waals surface area contributed by atoms with Crippen molar-refractivity contribution in [3.8, 4) is 0 Å². The lowest BCUT2D eigenvalue weighted by molar-refractivity contribution is -0.130. The van der Waals surface area contributed by atoms with Gasteiger partial charge in [0.1, 0.15) is 0 Å². The van der Waals surface area contributed by atoms with Crippen molar-refractivity contribution in [2.24, 2.45) is 5.92 Å². The van der Waals surface area contributed by atoms with Crippen LogP contribution in [-0.2, 0) is 9.53 Å². The molecule has 1 saturated heterocycles. The molecule has 4 heteroatoms. The van der Waals surface area contributed by atoms with Crippen molar-refractivity contribution >= 4 is 5.91 Å². The molecule has 0 spiro atoms. The summed E-state index contributed by atoms with van der Waals surface area (Å²) in [5, 5.41) is 0. The number of ether oxygens (including phenoxy) is 1. The average molecular weight is 268 g/mol. The Morgan fingerprint density at radius 1 is 1.16 bits per heavy atom. The average Bonchev–Trinajstić information content (AvgIpc) is 2.41. The maximum atomic E-state index is 11.2. The zero-order valence-electron chi connectivity index (χ0n) is 12.4. The van der Waals surface area contributed by atoms with Crippen LogP contribution in [-0.4, -0.2) is 61.1 Å². The molecule has 2 rings (SSSR count). The molecule has 110 valence electrons. The van der Waals surface area contributed by atoms with Gasteiger partial charge in [-0.25, -0.2) is 0 Å². The molecule has 2 aliphatic rings. The smallest absolute Gasteiger partial charge is 0.219 e. The van der Waals surface area contributed by atoms with Crippen molar-refractivity contribution < 1.29 is 9.53 Å². The summed E-state index contributed by atoms with van der Waals surface area (Å²) in [5.41, 5.74) is 0. The van der Waals surface area contributed by atoms with Crippen molar-refractivity contribution in [2.75, 3.05) is 39.3 Å². The summed E-state index contributed by atoms with van der Waals surface area (Å²) >= 11 is 0. The van der Waals surface area contributed by atoms with Gasteiger partial charge in [0.15, 0.2) is 0 Å². The molecule has 0 aromatic heterocycles. The second-order valence-electron chi connectivity index (χ2n) is 6.02. The van der Waals surface area contributed by atoms with Crippen LogP contribution >= 0.6 is 0 Å². The lowest BCUT2D eigenvalue weighted by Crippen LogP contribution is -2.49. The standard InChI is InChI=1S/C15H28N2O2/c1-13-5-3-4-6-15(13)19-12-11-16-7-9-17(10-8-16)14(2)18/h13,15H,3-12H2,1-2H3/t13-,15+/m0/s1. The third kappa shape index (κ3) is 4.46. The zero-order valence-corrected chi connectivity index (χ0v) is 12.4. The molecule has 2 fully saturated rings. The van der Waals surface area contributed by atoms with Crippen LogP contribution in [0.2, 0.25) is 0 Å². The second-order valence-corrected chi connectivity index (χ2v) is 6.02. The number of hydrogen-bond acceptors (Lipinski definition) is 3. The number of hydrogen-bond donors (Lipinski definition) is 0. The molecule has 0 radical (unpaired) electrons. The number of piperazine rings is 1. The predicted octanol–water partition coefficient (Wildman–Crippen LogP) is 1.75. The van der Waals surface area contributed by atoms with Gasteiger partial charge < -0.3 is 9.64 Å². The monoisotopic (exact) mass is 268 g/mol. The normalized spacial score (nSPS) is 29.5. The minimum atomic E-state index is 0.201. The van der Waals surface area contributed by atoms with Crippen molar-refractivity contribution in [3.05, 3.63) is 0 Å². The molecule has 0 unspecified atom stereocenters. The Kier molecular flexibility index (Phi) is 5.64. The summed E-state index contributed by atoms with van der Waals surface area (Å²) in [4.78, 5) is 15.6. The summed E-state index contributed by atoms with van der Waals surface area (Å²) in [6, 6.07) is 0. The van der Waals surface area contributed by atoms with Gasteiger partial charge in [-0.3, -0.25) is 9.69 Å². The minimum absolute atomic E-state index is 0.201. The van der Waals surface area contributed by atoms with E-state index in [1.165, 1.54) is 25.7 Å². The first-order valence-electron chi connectivity index (χ1n) is 7.76. The van der Waals surface area contributed by atoms with Crippen LogP contribution in [0.25, 0.3) is 0 Å². The lowest BCUT2D eigenvalue weighted by Gasteiger charge is -2.35. The molecule has 1 heterocycles. The first kappa shape index (κ1) is 14.8. The zero-order chi connectivity index (χ0) is 13.7. The van der Waals surface area contributed by atoms with E-state index in [1.54, 1.807) is 6.92 Å².